The molecule has 70 heavy (non-hydrogen) atoms. The molecule has 4 aromatic heterocycles. The summed E-state index contributed by atoms with van der Waals surface area (Å²) in [4.78, 5) is 15.6. The summed E-state index contributed by atoms with van der Waals surface area (Å²) in [5.74, 6) is 0.673. The molecule has 4 heterocycles. The Kier molecular flexibility index (Phi) is 9.14. The highest BCUT2D eigenvalue weighted by atomic mass is 16.3. The molecule has 14 aromatic rings. The van der Waals surface area contributed by atoms with Gasteiger partial charge in [-0.3, -0.25) is 0 Å². The second-order valence-corrected chi connectivity index (χ2v) is 17.8. The molecule has 0 atom stereocenters. The predicted molar refractivity (Wildman–Crippen MR) is 287 cm³/mol. The Labute approximate surface area is 402 Å². The van der Waals surface area contributed by atoms with Gasteiger partial charge in [0.2, 0.25) is 0 Å². The van der Waals surface area contributed by atoms with E-state index < -0.39 is 0 Å². The summed E-state index contributed by atoms with van der Waals surface area (Å²) in [6.45, 7) is 0. The van der Waals surface area contributed by atoms with Crippen molar-refractivity contribution in [1.29, 1.82) is 0 Å². The number of furan rings is 2. The summed E-state index contributed by atoms with van der Waals surface area (Å²) >= 11 is 0. The number of benzene rings is 10. The van der Waals surface area contributed by atoms with Crippen molar-refractivity contribution in [2.75, 3.05) is 0 Å². The van der Waals surface area contributed by atoms with Gasteiger partial charge in [0.25, 0.3) is 0 Å². The van der Waals surface area contributed by atoms with E-state index in [2.05, 4.69) is 194 Å². The molecule has 0 N–H and O–H groups in total. The smallest absolute Gasteiger partial charge is 0.160 e. The molecule has 0 aliphatic carbocycles. The standard InChI is InChI=1S/C65H39N3O2/c1-3-15-44(16-4-1)63-53-38-59-62(52-23-9-12-28-58(52)69-59)60(61(53)51-22-7-10-26-54(51)66-63)47-20-13-19-46(37-47)40-29-33-42(34-30-40)55-39-56(68-65(67-55)45-17-5-2-6-18-45)43-35-31-41(32-36-43)48-24-14-25-50-49-21-8-11-27-57(49)70-64(48)50/h1-39H. The lowest BCUT2D eigenvalue weighted by Crippen LogP contribution is -1.96. The molecule has 0 radical (unpaired) electrons. The maximum absolute atomic E-state index is 6.67. The molecule has 14 rings (SSSR count). The summed E-state index contributed by atoms with van der Waals surface area (Å²) in [7, 11) is 0. The fraction of sp³-hybridized carbons (Fsp3) is 0. The largest absolute Gasteiger partial charge is 0.456 e. The molecule has 0 aliphatic heterocycles. The Morgan fingerprint density at radius 3 is 1.59 bits per heavy atom. The molecule has 0 unspecified atom stereocenters. The molecule has 5 nitrogen and oxygen atoms in total. The Morgan fingerprint density at radius 2 is 0.843 bits per heavy atom. The van der Waals surface area contributed by atoms with Gasteiger partial charge in [0.1, 0.15) is 22.3 Å². The van der Waals surface area contributed by atoms with E-state index in [4.69, 9.17) is 23.8 Å². The topological polar surface area (TPSA) is 65.0 Å². The molecule has 0 amide bonds. The highest BCUT2D eigenvalue weighted by Gasteiger charge is 2.22. The number of nitrogens with zero attached hydrogens (tertiary/aromatic N) is 3. The summed E-state index contributed by atoms with van der Waals surface area (Å²) in [5.41, 5.74) is 17.7. The summed E-state index contributed by atoms with van der Waals surface area (Å²) < 4.78 is 13.1. The third kappa shape index (κ3) is 6.59. The fourth-order valence-electron chi connectivity index (χ4n) is 10.4. The van der Waals surface area contributed by atoms with Crippen molar-refractivity contribution in [3.8, 4) is 78.5 Å². The van der Waals surface area contributed by atoms with Crippen molar-refractivity contribution in [3.05, 3.63) is 237 Å². The Hall–Kier alpha value is -9.45. The number of rotatable bonds is 7. The minimum atomic E-state index is 0.673. The number of hydrogen-bond acceptors (Lipinski definition) is 5. The van der Waals surface area contributed by atoms with Crippen LogP contribution in [-0.2, 0) is 0 Å². The van der Waals surface area contributed by atoms with Crippen molar-refractivity contribution in [1.82, 2.24) is 15.0 Å². The van der Waals surface area contributed by atoms with Crippen LogP contribution in [0.15, 0.2) is 245 Å². The van der Waals surface area contributed by atoms with Crippen molar-refractivity contribution in [2.45, 2.75) is 0 Å². The van der Waals surface area contributed by atoms with Crippen LogP contribution in [0.1, 0.15) is 0 Å². The molecule has 0 spiro atoms. The maximum atomic E-state index is 6.67. The van der Waals surface area contributed by atoms with Crippen molar-refractivity contribution < 1.29 is 8.83 Å². The van der Waals surface area contributed by atoms with E-state index in [0.29, 0.717) is 5.82 Å². The number of fused-ring (bicyclic) bond motifs is 9. The molecular formula is C65H39N3O2. The van der Waals surface area contributed by atoms with Gasteiger partial charge in [-0.05, 0) is 58.7 Å². The van der Waals surface area contributed by atoms with Crippen LogP contribution in [0, 0.1) is 0 Å². The molecule has 10 aromatic carbocycles. The Morgan fingerprint density at radius 1 is 0.286 bits per heavy atom. The first kappa shape index (κ1) is 39.7. The van der Waals surface area contributed by atoms with Crippen LogP contribution in [0.2, 0.25) is 0 Å². The lowest BCUT2D eigenvalue weighted by atomic mass is 9.88. The highest BCUT2D eigenvalue weighted by molar-refractivity contribution is 6.28. The maximum Gasteiger partial charge on any atom is 0.160 e. The molecule has 0 bridgehead atoms. The Bertz CT molecular complexity index is 4330. The van der Waals surface area contributed by atoms with Crippen LogP contribution >= 0.6 is 0 Å². The fourth-order valence-corrected chi connectivity index (χ4v) is 10.4. The van der Waals surface area contributed by atoms with E-state index in [1.165, 1.54) is 0 Å². The zero-order valence-electron chi connectivity index (χ0n) is 37.7. The molecule has 0 fully saturated rings. The molecule has 0 aliphatic rings. The molecule has 5 heteroatoms. The van der Waals surface area contributed by atoms with Gasteiger partial charge in [-0.2, -0.15) is 0 Å². The van der Waals surface area contributed by atoms with Crippen LogP contribution in [0.25, 0.3) is 144 Å². The van der Waals surface area contributed by atoms with Crippen LogP contribution in [0.5, 0.6) is 0 Å². The van der Waals surface area contributed by atoms with Crippen molar-refractivity contribution in [2.24, 2.45) is 0 Å². The van der Waals surface area contributed by atoms with E-state index in [9.17, 15) is 0 Å². The summed E-state index contributed by atoms with van der Waals surface area (Å²) in [5, 5.41) is 7.72. The molecular weight excluding hydrogens is 855 g/mol. The SMILES string of the molecule is c1ccc(-c2nc(-c3ccc(-c4cccc(-c5c6c(cc7c(-c8ccccc8)nc8ccccc8c57)oc5ccccc56)c4)cc3)cc(-c3ccc(-c4cccc5c4oc4ccccc45)cc3)n2)cc1. The minimum Gasteiger partial charge on any atom is -0.456 e. The van der Waals surface area contributed by atoms with Crippen LogP contribution in [0.3, 0.4) is 0 Å². The lowest BCUT2D eigenvalue weighted by Gasteiger charge is -2.16. The normalized spacial score (nSPS) is 11.7. The average molecular weight is 894 g/mol. The van der Waals surface area contributed by atoms with Gasteiger partial charge in [0, 0.05) is 71.1 Å². The van der Waals surface area contributed by atoms with Crippen LogP contribution in [-0.4, -0.2) is 15.0 Å². The molecule has 0 saturated heterocycles. The number of aromatic nitrogens is 3. The van der Waals surface area contributed by atoms with E-state index in [1.54, 1.807) is 0 Å². The van der Waals surface area contributed by atoms with E-state index in [0.717, 1.165) is 138 Å². The number of para-hydroxylation sites is 4. The monoisotopic (exact) mass is 893 g/mol. The first-order valence-electron chi connectivity index (χ1n) is 23.6. The van der Waals surface area contributed by atoms with Gasteiger partial charge in [0.05, 0.1) is 22.6 Å². The van der Waals surface area contributed by atoms with Crippen molar-refractivity contribution in [3.63, 3.8) is 0 Å². The lowest BCUT2D eigenvalue weighted by molar-refractivity contribution is 0.669. The van der Waals surface area contributed by atoms with Gasteiger partial charge in [-0.1, -0.05) is 200 Å². The second-order valence-electron chi connectivity index (χ2n) is 17.8. The molecule has 326 valence electrons. The van der Waals surface area contributed by atoms with Crippen LogP contribution in [0.4, 0.5) is 0 Å². The van der Waals surface area contributed by atoms with Gasteiger partial charge in [-0.15, -0.1) is 0 Å². The summed E-state index contributed by atoms with van der Waals surface area (Å²) in [6, 6.07) is 82.6. The Balaban J connectivity index is 0.872. The van der Waals surface area contributed by atoms with Gasteiger partial charge >= 0.3 is 0 Å². The van der Waals surface area contributed by atoms with Gasteiger partial charge in [-0.25, -0.2) is 15.0 Å². The van der Waals surface area contributed by atoms with E-state index in [-0.39, 0.29) is 0 Å². The third-order valence-corrected chi connectivity index (χ3v) is 13.7. The first-order chi connectivity index (χ1) is 34.7. The second kappa shape index (κ2) is 16.1. The zero-order valence-corrected chi connectivity index (χ0v) is 37.7. The first-order valence-corrected chi connectivity index (χ1v) is 23.6. The number of hydrogen-bond donors (Lipinski definition) is 0. The predicted octanol–water partition coefficient (Wildman–Crippen LogP) is 17.6. The van der Waals surface area contributed by atoms with Crippen molar-refractivity contribution >= 4 is 65.6 Å². The van der Waals surface area contributed by atoms with Crippen LogP contribution < -0.4 is 0 Å². The summed E-state index contributed by atoms with van der Waals surface area (Å²) in [6.07, 6.45) is 0. The van der Waals surface area contributed by atoms with Gasteiger partial charge < -0.3 is 8.83 Å². The molecule has 0 saturated carbocycles. The average Bonchev–Trinajstić information content (AvgIpc) is 4.01. The highest BCUT2D eigenvalue weighted by Crippen LogP contribution is 2.47. The third-order valence-electron chi connectivity index (χ3n) is 13.7. The van der Waals surface area contributed by atoms with E-state index >= 15 is 0 Å². The zero-order chi connectivity index (χ0) is 46.1. The minimum absolute atomic E-state index is 0.673. The number of pyridine rings is 1. The van der Waals surface area contributed by atoms with Gasteiger partial charge in [0.15, 0.2) is 5.82 Å². The van der Waals surface area contributed by atoms with E-state index in [1.807, 2.05) is 42.5 Å². The quantitative estimate of drug-likeness (QED) is 0.149.